The lowest BCUT2D eigenvalue weighted by Crippen LogP contribution is -2.32. The molecular formula is C14H27NO. The molecule has 2 aliphatic heterocycles. The lowest BCUT2D eigenvalue weighted by molar-refractivity contribution is 0.105. The van der Waals surface area contributed by atoms with Crippen molar-refractivity contribution in [3.8, 4) is 0 Å². The van der Waals surface area contributed by atoms with Gasteiger partial charge in [0, 0.05) is 19.2 Å². The molecule has 2 heteroatoms. The van der Waals surface area contributed by atoms with E-state index in [-0.39, 0.29) is 0 Å². The zero-order chi connectivity index (χ0) is 11.2. The number of rotatable bonds is 7. The summed E-state index contributed by atoms with van der Waals surface area (Å²) in [6, 6.07) is 0.774. The van der Waals surface area contributed by atoms with Crippen molar-refractivity contribution >= 4 is 0 Å². The zero-order valence-corrected chi connectivity index (χ0v) is 10.8. The summed E-state index contributed by atoms with van der Waals surface area (Å²) in [5, 5.41) is 0. The molecule has 0 amide bonds. The summed E-state index contributed by atoms with van der Waals surface area (Å²) in [4.78, 5) is 2.68. The van der Waals surface area contributed by atoms with Gasteiger partial charge in [-0.15, -0.1) is 0 Å². The molecule has 2 rings (SSSR count). The van der Waals surface area contributed by atoms with E-state index in [0.717, 1.165) is 12.6 Å². The molecule has 2 saturated heterocycles. The first kappa shape index (κ1) is 12.4. The Bertz CT molecular complexity index is 195. The second-order valence-electron chi connectivity index (χ2n) is 5.36. The molecule has 0 aromatic rings. The van der Waals surface area contributed by atoms with Crippen molar-refractivity contribution in [2.75, 3.05) is 19.7 Å². The average molecular weight is 225 g/mol. The quantitative estimate of drug-likeness (QED) is 0.617. The van der Waals surface area contributed by atoms with Crippen LogP contribution in [0.4, 0.5) is 0 Å². The summed E-state index contributed by atoms with van der Waals surface area (Å²) in [6.45, 7) is 5.88. The zero-order valence-electron chi connectivity index (χ0n) is 10.8. The van der Waals surface area contributed by atoms with Crippen LogP contribution in [0.25, 0.3) is 0 Å². The fourth-order valence-electron chi connectivity index (χ4n) is 3.16. The topological polar surface area (TPSA) is 12.5 Å². The van der Waals surface area contributed by atoms with E-state index >= 15 is 0 Å². The van der Waals surface area contributed by atoms with Crippen LogP contribution in [-0.4, -0.2) is 36.7 Å². The van der Waals surface area contributed by atoms with Gasteiger partial charge in [0.1, 0.15) is 0 Å². The molecule has 0 aliphatic carbocycles. The summed E-state index contributed by atoms with van der Waals surface area (Å²) in [5.41, 5.74) is 0. The first-order chi connectivity index (χ1) is 7.92. The van der Waals surface area contributed by atoms with Gasteiger partial charge in [-0.3, -0.25) is 4.90 Å². The predicted molar refractivity (Wildman–Crippen MR) is 67.7 cm³/mol. The molecule has 94 valence electrons. The molecule has 0 aromatic carbocycles. The smallest absolute Gasteiger partial charge is 0.0743 e. The van der Waals surface area contributed by atoms with E-state index in [1.807, 2.05) is 0 Å². The number of hydrogen-bond donors (Lipinski definition) is 0. The van der Waals surface area contributed by atoms with Gasteiger partial charge in [0.15, 0.2) is 0 Å². The third-order valence-electron chi connectivity index (χ3n) is 4.14. The van der Waals surface area contributed by atoms with E-state index in [1.165, 1.54) is 64.5 Å². The van der Waals surface area contributed by atoms with Crippen LogP contribution in [0.3, 0.4) is 0 Å². The van der Waals surface area contributed by atoms with Gasteiger partial charge in [-0.1, -0.05) is 39.0 Å². The summed E-state index contributed by atoms with van der Waals surface area (Å²) < 4.78 is 5.72. The molecule has 0 bridgehead atoms. The number of fused-ring (bicyclic) bond motifs is 1. The minimum Gasteiger partial charge on any atom is -0.376 e. The van der Waals surface area contributed by atoms with Crippen LogP contribution < -0.4 is 0 Å². The SMILES string of the molecule is CCCCCCCCN1CC[C@H]2OCC[C@H]21. The molecule has 2 atom stereocenters. The van der Waals surface area contributed by atoms with E-state index < -0.39 is 0 Å². The Kier molecular flexibility index (Phi) is 5.11. The van der Waals surface area contributed by atoms with Gasteiger partial charge in [0.2, 0.25) is 0 Å². The monoisotopic (exact) mass is 225 g/mol. The third kappa shape index (κ3) is 3.21. The van der Waals surface area contributed by atoms with Crippen molar-refractivity contribution in [3.63, 3.8) is 0 Å². The molecule has 2 fully saturated rings. The Morgan fingerprint density at radius 1 is 1.06 bits per heavy atom. The van der Waals surface area contributed by atoms with Crippen LogP contribution in [-0.2, 0) is 4.74 Å². The first-order valence-corrected chi connectivity index (χ1v) is 7.27. The Hall–Kier alpha value is -0.0800. The number of unbranched alkanes of at least 4 members (excludes halogenated alkanes) is 5. The summed E-state index contributed by atoms with van der Waals surface area (Å²) in [7, 11) is 0. The van der Waals surface area contributed by atoms with Crippen LogP contribution in [0.1, 0.15) is 58.3 Å². The summed E-state index contributed by atoms with van der Waals surface area (Å²) in [6.07, 6.45) is 11.6. The molecule has 0 spiro atoms. The van der Waals surface area contributed by atoms with Gasteiger partial charge in [-0.2, -0.15) is 0 Å². The maximum Gasteiger partial charge on any atom is 0.0743 e. The number of hydrogen-bond acceptors (Lipinski definition) is 2. The number of nitrogens with zero attached hydrogens (tertiary/aromatic N) is 1. The van der Waals surface area contributed by atoms with Crippen LogP contribution >= 0.6 is 0 Å². The minimum absolute atomic E-state index is 0.583. The minimum atomic E-state index is 0.583. The molecule has 0 N–H and O–H groups in total. The van der Waals surface area contributed by atoms with Crippen molar-refractivity contribution in [2.45, 2.75) is 70.4 Å². The Balaban J connectivity index is 1.53. The average Bonchev–Trinajstić information content (AvgIpc) is 2.87. The van der Waals surface area contributed by atoms with Crippen molar-refractivity contribution < 1.29 is 4.74 Å². The highest BCUT2D eigenvalue weighted by atomic mass is 16.5. The molecular weight excluding hydrogens is 198 g/mol. The third-order valence-corrected chi connectivity index (χ3v) is 4.14. The highest BCUT2D eigenvalue weighted by Gasteiger charge is 2.37. The molecule has 0 radical (unpaired) electrons. The predicted octanol–water partition coefficient (Wildman–Crippen LogP) is 3.21. The number of ether oxygens (including phenoxy) is 1. The Morgan fingerprint density at radius 2 is 1.88 bits per heavy atom. The van der Waals surface area contributed by atoms with Gasteiger partial charge in [-0.25, -0.2) is 0 Å². The molecule has 2 nitrogen and oxygen atoms in total. The van der Waals surface area contributed by atoms with Gasteiger partial charge < -0.3 is 4.74 Å². The van der Waals surface area contributed by atoms with Crippen molar-refractivity contribution in [1.82, 2.24) is 4.90 Å². The molecule has 0 aromatic heterocycles. The van der Waals surface area contributed by atoms with Crippen LogP contribution in [0, 0.1) is 0 Å². The van der Waals surface area contributed by atoms with E-state index in [0.29, 0.717) is 6.10 Å². The maximum atomic E-state index is 5.72. The van der Waals surface area contributed by atoms with Crippen LogP contribution in [0.2, 0.25) is 0 Å². The Morgan fingerprint density at radius 3 is 2.75 bits per heavy atom. The molecule has 2 heterocycles. The van der Waals surface area contributed by atoms with Crippen LogP contribution in [0.15, 0.2) is 0 Å². The second kappa shape index (κ2) is 6.61. The maximum absolute atomic E-state index is 5.72. The second-order valence-corrected chi connectivity index (χ2v) is 5.36. The fraction of sp³-hybridized carbons (Fsp3) is 1.00. The van der Waals surface area contributed by atoms with Crippen molar-refractivity contribution in [1.29, 1.82) is 0 Å². The first-order valence-electron chi connectivity index (χ1n) is 7.27. The molecule has 0 saturated carbocycles. The highest BCUT2D eigenvalue weighted by Crippen LogP contribution is 2.29. The van der Waals surface area contributed by atoms with E-state index in [1.54, 1.807) is 0 Å². The van der Waals surface area contributed by atoms with E-state index in [2.05, 4.69) is 11.8 Å². The lowest BCUT2D eigenvalue weighted by atomic mass is 10.1. The molecule has 2 aliphatic rings. The number of likely N-dealkylation sites (tertiary alicyclic amines) is 1. The molecule has 16 heavy (non-hydrogen) atoms. The van der Waals surface area contributed by atoms with E-state index in [9.17, 15) is 0 Å². The fourth-order valence-corrected chi connectivity index (χ4v) is 3.16. The van der Waals surface area contributed by atoms with Crippen LogP contribution in [0.5, 0.6) is 0 Å². The normalized spacial score (nSPS) is 29.8. The summed E-state index contributed by atoms with van der Waals surface area (Å²) >= 11 is 0. The highest BCUT2D eigenvalue weighted by molar-refractivity contribution is 4.91. The van der Waals surface area contributed by atoms with Crippen molar-refractivity contribution in [2.24, 2.45) is 0 Å². The van der Waals surface area contributed by atoms with Gasteiger partial charge in [0.05, 0.1) is 6.10 Å². The van der Waals surface area contributed by atoms with Gasteiger partial charge in [0.25, 0.3) is 0 Å². The van der Waals surface area contributed by atoms with Gasteiger partial charge >= 0.3 is 0 Å². The van der Waals surface area contributed by atoms with E-state index in [4.69, 9.17) is 4.74 Å². The van der Waals surface area contributed by atoms with Crippen molar-refractivity contribution in [3.05, 3.63) is 0 Å². The largest absolute Gasteiger partial charge is 0.376 e. The molecule has 0 unspecified atom stereocenters. The standard InChI is InChI=1S/C14H27NO/c1-2-3-4-5-6-7-10-15-11-8-14-13(15)9-12-16-14/h13-14H,2-12H2,1H3/t13-,14-/m1/s1. The van der Waals surface area contributed by atoms with Gasteiger partial charge in [-0.05, 0) is 25.8 Å². The Labute approximate surface area is 100 Å². The lowest BCUT2D eigenvalue weighted by Gasteiger charge is -2.22. The summed E-state index contributed by atoms with van der Waals surface area (Å²) in [5.74, 6) is 0.